The van der Waals surface area contributed by atoms with E-state index in [-0.39, 0.29) is 11.7 Å². The molecule has 1 aromatic carbocycles. The summed E-state index contributed by atoms with van der Waals surface area (Å²) >= 11 is 5.86. The maximum Gasteiger partial charge on any atom is 0.271 e. The Bertz CT molecular complexity index is 657. The number of hydrogen-bond donors (Lipinski definition) is 2. The standard InChI is InChI=1S/C14H12ClN3O2/c1-9(12-8-11(15)2-3-13(12)19)17-18-14(20)10-4-6-16-7-5-10/h2-8,19H,1H3,(H,18,20). The van der Waals surface area contributed by atoms with Gasteiger partial charge < -0.3 is 5.11 Å². The fraction of sp³-hybridized carbons (Fsp3) is 0.0714. The predicted octanol–water partition coefficient (Wildman–Crippen LogP) is 2.59. The van der Waals surface area contributed by atoms with E-state index in [1.165, 1.54) is 18.5 Å². The fourth-order valence-electron chi connectivity index (χ4n) is 1.56. The molecule has 0 aliphatic heterocycles. The van der Waals surface area contributed by atoms with Crippen LogP contribution in [-0.4, -0.2) is 21.7 Å². The molecule has 0 aliphatic carbocycles. The maximum absolute atomic E-state index is 11.8. The number of hydrazone groups is 1. The van der Waals surface area contributed by atoms with Crippen molar-refractivity contribution in [2.45, 2.75) is 6.92 Å². The average molecular weight is 290 g/mol. The number of amides is 1. The lowest BCUT2D eigenvalue weighted by Gasteiger charge is -2.05. The summed E-state index contributed by atoms with van der Waals surface area (Å²) in [6, 6.07) is 7.78. The van der Waals surface area contributed by atoms with Gasteiger partial charge in [0.25, 0.3) is 5.91 Å². The second kappa shape index (κ2) is 6.16. The first-order valence-corrected chi connectivity index (χ1v) is 6.19. The SMILES string of the molecule is CC(=NNC(=O)c1ccncc1)c1cc(Cl)ccc1O. The first-order valence-electron chi connectivity index (χ1n) is 5.81. The minimum absolute atomic E-state index is 0.0498. The summed E-state index contributed by atoms with van der Waals surface area (Å²) in [5.74, 6) is -0.304. The molecule has 0 spiro atoms. The Kier molecular flexibility index (Phi) is 4.32. The second-order valence-electron chi connectivity index (χ2n) is 4.04. The van der Waals surface area contributed by atoms with Crippen LogP contribution < -0.4 is 5.43 Å². The van der Waals surface area contributed by atoms with E-state index in [0.717, 1.165) is 0 Å². The third kappa shape index (κ3) is 3.33. The van der Waals surface area contributed by atoms with Gasteiger partial charge in [-0.1, -0.05) is 11.6 Å². The lowest BCUT2D eigenvalue weighted by atomic mass is 10.1. The van der Waals surface area contributed by atoms with Gasteiger partial charge in [0.1, 0.15) is 5.75 Å². The minimum Gasteiger partial charge on any atom is -0.507 e. The Morgan fingerprint density at radius 1 is 1.30 bits per heavy atom. The van der Waals surface area contributed by atoms with Crippen LogP contribution in [0.3, 0.4) is 0 Å². The van der Waals surface area contributed by atoms with Gasteiger partial charge in [-0.25, -0.2) is 5.43 Å². The monoisotopic (exact) mass is 289 g/mol. The van der Waals surface area contributed by atoms with E-state index in [1.807, 2.05) is 0 Å². The molecule has 5 nitrogen and oxygen atoms in total. The number of rotatable bonds is 3. The number of aromatic nitrogens is 1. The number of nitrogens with one attached hydrogen (secondary N) is 1. The first-order chi connectivity index (χ1) is 9.58. The van der Waals surface area contributed by atoms with Crippen LogP contribution in [0.15, 0.2) is 47.8 Å². The zero-order valence-corrected chi connectivity index (χ0v) is 11.4. The molecule has 2 aromatic rings. The number of carbonyl (C=O) groups is 1. The summed E-state index contributed by atoms with van der Waals surface area (Å²) in [4.78, 5) is 15.6. The quantitative estimate of drug-likeness (QED) is 0.674. The Morgan fingerprint density at radius 3 is 2.70 bits per heavy atom. The molecule has 0 radical (unpaired) electrons. The number of phenols is 1. The largest absolute Gasteiger partial charge is 0.507 e. The van der Waals surface area contributed by atoms with Gasteiger partial charge in [0, 0.05) is 28.5 Å². The highest BCUT2D eigenvalue weighted by Gasteiger charge is 2.07. The summed E-state index contributed by atoms with van der Waals surface area (Å²) in [5.41, 5.74) is 3.78. The van der Waals surface area contributed by atoms with E-state index in [0.29, 0.717) is 21.9 Å². The van der Waals surface area contributed by atoms with Crippen molar-refractivity contribution in [3.8, 4) is 5.75 Å². The summed E-state index contributed by atoms with van der Waals surface area (Å²) < 4.78 is 0. The van der Waals surface area contributed by atoms with Gasteiger partial charge in [0.2, 0.25) is 0 Å². The number of halogens is 1. The van der Waals surface area contributed by atoms with Crippen LogP contribution in [0.2, 0.25) is 5.02 Å². The third-order valence-electron chi connectivity index (χ3n) is 2.62. The number of phenolic OH excluding ortho intramolecular Hbond substituents is 1. The minimum atomic E-state index is -0.353. The molecule has 1 aromatic heterocycles. The van der Waals surface area contributed by atoms with E-state index in [4.69, 9.17) is 11.6 Å². The molecular formula is C14H12ClN3O2. The highest BCUT2D eigenvalue weighted by molar-refractivity contribution is 6.31. The number of pyridine rings is 1. The molecular weight excluding hydrogens is 278 g/mol. The Labute approximate surface area is 120 Å². The van der Waals surface area contributed by atoms with Crippen LogP contribution in [0, 0.1) is 0 Å². The number of hydrogen-bond acceptors (Lipinski definition) is 4. The van der Waals surface area contributed by atoms with Crippen molar-refractivity contribution in [3.63, 3.8) is 0 Å². The Balaban J connectivity index is 2.15. The summed E-state index contributed by atoms with van der Waals surface area (Å²) in [7, 11) is 0. The van der Waals surface area contributed by atoms with Gasteiger partial charge in [-0.2, -0.15) is 5.10 Å². The van der Waals surface area contributed by atoms with Gasteiger partial charge in [-0.15, -0.1) is 0 Å². The van der Waals surface area contributed by atoms with Crippen LogP contribution in [-0.2, 0) is 0 Å². The van der Waals surface area contributed by atoms with Crippen LogP contribution in [0.4, 0.5) is 0 Å². The molecule has 1 amide bonds. The van der Waals surface area contributed by atoms with Gasteiger partial charge in [-0.05, 0) is 37.3 Å². The third-order valence-corrected chi connectivity index (χ3v) is 2.85. The van der Waals surface area contributed by atoms with E-state index in [1.54, 1.807) is 31.2 Å². The van der Waals surface area contributed by atoms with E-state index < -0.39 is 0 Å². The van der Waals surface area contributed by atoms with Crippen molar-refractivity contribution in [2.24, 2.45) is 5.10 Å². The maximum atomic E-state index is 11.8. The number of nitrogens with zero attached hydrogens (tertiary/aromatic N) is 2. The fourth-order valence-corrected chi connectivity index (χ4v) is 1.73. The molecule has 0 saturated heterocycles. The van der Waals surface area contributed by atoms with Gasteiger partial charge in [-0.3, -0.25) is 9.78 Å². The molecule has 1 heterocycles. The lowest BCUT2D eigenvalue weighted by Crippen LogP contribution is -2.19. The molecule has 20 heavy (non-hydrogen) atoms. The lowest BCUT2D eigenvalue weighted by molar-refractivity contribution is 0.0954. The van der Waals surface area contributed by atoms with Crippen molar-refractivity contribution < 1.29 is 9.90 Å². The van der Waals surface area contributed by atoms with Crippen molar-refractivity contribution in [1.29, 1.82) is 0 Å². The first kappa shape index (κ1) is 14.0. The number of carbonyl (C=O) groups excluding carboxylic acids is 1. The molecule has 2 N–H and O–H groups in total. The second-order valence-corrected chi connectivity index (χ2v) is 4.47. The molecule has 0 saturated carbocycles. The van der Waals surface area contributed by atoms with Crippen molar-refractivity contribution in [1.82, 2.24) is 10.4 Å². The van der Waals surface area contributed by atoms with E-state index in [9.17, 15) is 9.90 Å². The average Bonchev–Trinajstić information content (AvgIpc) is 2.47. The molecule has 6 heteroatoms. The highest BCUT2D eigenvalue weighted by Crippen LogP contribution is 2.21. The van der Waals surface area contributed by atoms with Crippen molar-refractivity contribution >= 4 is 23.2 Å². The van der Waals surface area contributed by atoms with E-state index >= 15 is 0 Å². The normalized spacial score (nSPS) is 11.2. The smallest absolute Gasteiger partial charge is 0.271 e. The summed E-state index contributed by atoms with van der Waals surface area (Å²) in [6.07, 6.45) is 3.04. The number of aromatic hydroxyl groups is 1. The summed E-state index contributed by atoms with van der Waals surface area (Å²) in [5, 5.41) is 14.2. The highest BCUT2D eigenvalue weighted by atomic mass is 35.5. The molecule has 0 fully saturated rings. The molecule has 0 atom stereocenters. The van der Waals surface area contributed by atoms with Crippen molar-refractivity contribution in [2.75, 3.05) is 0 Å². The zero-order chi connectivity index (χ0) is 14.5. The Morgan fingerprint density at radius 2 is 2.00 bits per heavy atom. The van der Waals surface area contributed by atoms with Gasteiger partial charge >= 0.3 is 0 Å². The summed E-state index contributed by atoms with van der Waals surface area (Å²) in [6.45, 7) is 1.66. The molecule has 0 bridgehead atoms. The molecule has 0 unspecified atom stereocenters. The zero-order valence-electron chi connectivity index (χ0n) is 10.7. The van der Waals surface area contributed by atoms with Crippen molar-refractivity contribution in [3.05, 3.63) is 58.9 Å². The van der Waals surface area contributed by atoms with Gasteiger partial charge in [0.05, 0.1) is 5.71 Å². The Hall–Kier alpha value is -2.40. The molecule has 0 aliphatic rings. The molecule has 102 valence electrons. The van der Waals surface area contributed by atoms with Crippen LogP contribution in [0.1, 0.15) is 22.8 Å². The predicted molar refractivity (Wildman–Crippen MR) is 77.0 cm³/mol. The molecule has 2 rings (SSSR count). The van der Waals surface area contributed by atoms with Crippen LogP contribution >= 0.6 is 11.6 Å². The van der Waals surface area contributed by atoms with Crippen LogP contribution in [0.25, 0.3) is 0 Å². The van der Waals surface area contributed by atoms with Crippen LogP contribution in [0.5, 0.6) is 5.75 Å². The van der Waals surface area contributed by atoms with Gasteiger partial charge in [0.15, 0.2) is 0 Å². The number of benzene rings is 1. The van der Waals surface area contributed by atoms with E-state index in [2.05, 4.69) is 15.5 Å². The topological polar surface area (TPSA) is 74.6 Å².